The van der Waals surface area contributed by atoms with Gasteiger partial charge in [0.1, 0.15) is 24.5 Å². The third kappa shape index (κ3) is 4.60. The maximum absolute atomic E-state index is 9.75. The molecule has 4 saturated carbocycles. The Bertz CT molecular complexity index is 854. The van der Waals surface area contributed by atoms with Crippen molar-refractivity contribution in [3.05, 3.63) is 53.1 Å². The lowest BCUT2D eigenvalue weighted by Crippen LogP contribution is -2.51. The van der Waals surface area contributed by atoms with Crippen molar-refractivity contribution >= 4 is 7.25 Å². The highest BCUT2D eigenvalue weighted by molar-refractivity contribution is 6.50. The van der Waals surface area contributed by atoms with Gasteiger partial charge in [-0.25, -0.2) is 9.13 Å². The second-order valence-corrected chi connectivity index (χ2v) is 10.0. The van der Waals surface area contributed by atoms with Gasteiger partial charge in [-0.2, -0.15) is 0 Å². The van der Waals surface area contributed by atoms with Gasteiger partial charge in [0, 0.05) is 0 Å². The van der Waals surface area contributed by atoms with Crippen molar-refractivity contribution in [3.8, 4) is 0 Å². The first-order chi connectivity index (χ1) is 14.0. The van der Waals surface area contributed by atoms with E-state index >= 15 is 0 Å². The van der Waals surface area contributed by atoms with Crippen LogP contribution in [0.4, 0.5) is 17.3 Å². The highest BCUT2D eigenvalue weighted by Gasteiger charge is 2.54. The molecular formula is C23H31BF4N2. The van der Waals surface area contributed by atoms with Crippen LogP contribution in [-0.2, 0) is 12.1 Å². The molecule has 7 heteroatoms. The van der Waals surface area contributed by atoms with Crippen molar-refractivity contribution in [3.63, 3.8) is 0 Å². The van der Waals surface area contributed by atoms with E-state index in [9.17, 15) is 17.3 Å². The average molecular weight is 422 g/mol. The number of hydrogen-bond donors (Lipinski definition) is 0. The Morgan fingerprint density at radius 1 is 0.933 bits per heavy atom. The average Bonchev–Trinajstić information content (AvgIpc) is 3.05. The molecule has 0 atom stereocenters. The molecule has 0 radical (unpaired) electrons. The minimum atomic E-state index is -6.00. The highest BCUT2D eigenvalue weighted by atomic mass is 19.5. The van der Waals surface area contributed by atoms with E-state index < -0.39 is 7.25 Å². The van der Waals surface area contributed by atoms with Crippen LogP contribution in [0.1, 0.15) is 60.8 Å². The molecule has 1 aromatic carbocycles. The Kier molecular flexibility index (Phi) is 5.52. The smallest absolute Gasteiger partial charge is 0.418 e. The summed E-state index contributed by atoms with van der Waals surface area (Å²) in [5.74, 6) is 3.01. The largest absolute Gasteiger partial charge is 0.673 e. The van der Waals surface area contributed by atoms with Crippen molar-refractivity contribution in [2.24, 2.45) is 17.8 Å². The highest BCUT2D eigenvalue weighted by Crippen LogP contribution is 2.58. The summed E-state index contributed by atoms with van der Waals surface area (Å²) in [6.07, 6.45) is 15.9. The third-order valence-corrected chi connectivity index (χ3v) is 7.43. The number of imidazole rings is 1. The van der Waals surface area contributed by atoms with Crippen LogP contribution >= 0.6 is 0 Å². The fourth-order valence-corrected chi connectivity index (χ4v) is 6.79. The van der Waals surface area contributed by atoms with Gasteiger partial charge in [0.2, 0.25) is 6.33 Å². The Balaban J connectivity index is 0.000000393. The number of halogens is 4. The summed E-state index contributed by atoms with van der Waals surface area (Å²) in [5, 5.41) is 0. The Morgan fingerprint density at radius 3 is 1.87 bits per heavy atom. The summed E-state index contributed by atoms with van der Waals surface area (Å²) in [5.41, 5.74) is 6.14. The van der Waals surface area contributed by atoms with Crippen LogP contribution in [0.5, 0.6) is 0 Å². The fraction of sp³-hybridized carbons (Fsp3) is 0.609. The molecule has 30 heavy (non-hydrogen) atoms. The van der Waals surface area contributed by atoms with Crippen molar-refractivity contribution in [1.82, 2.24) is 4.57 Å². The van der Waals surface area contributed by atoms with Crippen LogP contribution < -0.4 is 4.57 Å². The van der Waals surface area contributed by atoms with Gasteiger partial charge in [-0.3, -0.25) is 0 Å². The minimum absolute atomic E-state index is 0.442. The molecule has 0 unspecified atom stereocenters. The van der Waals surface area contributed by atoms with Crippen molar-refractivity contribution in [2.45, 2.75) is 71.4 Å². The van der Waals surface area contributed by atoms with Gasteiger partial charge in [-0.05, 0) is 93.7 Å². The van der Waals surface area contributed by atoms with Gasteiger partial charge in [-0.15, -0.1) is 0 Å². The molecule has 0 spiro atoms. The quantitative estimate of drug-likeness (QED) is 0.327. The zero-order valence-electron chi connectivity index (χ0n) is 18.1. The Labute approximate surface area is 176 Å². The van der Waals surface area contributed by atoms with Gasteiger partial charge in [0.25, 0.3) is 0 Å². The molecule has 1 aromatic heterocycles. The van der Waals surface area contributed by atoms with E-state index in [-0.39, 0.29) is 0 Å². The van der Waals surface area contributed by atoms with E-state index in [1.54, 1.807) is 0 Å². The van der Waals surface area contributed by atoms with E-state index in [0.29, 0.717) is 5.54 Å². The Morgan fingerprint density at radius 2 is 1.40 bits per heavy atom. The molecule has 2 aromatic rings. The number of aryl methyl sites for hydroxylation is 3. The number of benzene rings is 1. The van der Waals surface area contributed by atoms with Gasteiger partial charge in [0.05, 0.1) is 0 Å². The van der Waals surface area contributed by atoms with Crippen LogP contribution in [0.15, 0.2) is 30.9 Å². The minimum Gasteiger partial charge on any atom is -0.418 e. The molecule has 0 aliphatic heterocycles. The lowest BCUT2D eigenvalue weighted by Gasteiger charge is -2.54. The monoisotopic (exact) mass is 422 g/mol. The lowest BCUT2D eigenvalue weighted by molar-refractivity contribution is -0.688. The number of hydrogen-bond acceptors (Lipinski definition) is 0. The molecule has 4 aliphatic carbocycles. The molecule has 4 bridgehead atoms. The molecule has 0 amide bonds. The predicted molar refractivity (Wildman–Crippen MR) is 111 cm³/mol. The third-order valence-electron chi connectivity index (χ3n) is 7.43. The zero-order valence-corrected chi connectivity index (χ0v) is 18.1. The maximum atomic E-state index is 9.75. The standard InChI is InChI=1S/C23H31N2.BF4/c1-16-6-17(2)22(18(3)7-16)14-24-4-5-25(15-24)23-11-19-8-20(12-23)10-21(9-19)13-23;2-1(3,4)5/h4-7,15,19-21H,8-14H2,1-3H3;/q+1;-1. The summed E-state index contributed by atoms with van der Waals surface area (Å²) in [6.45, 7) is 7.70. The normalized spacial score (nSPS) is 29.6. The van der Waals surface area contributed by atoms with Crippen molar-refractivity contribution in [2.75, 3.05) is 0 Å². The molecule has 0 N–H and O–H groups in total. The van der Waals surface area contributed by atoms with E-state index in [1.165, 1.54) is 60.8 Å². The predicted octanol–water partition coefficient (Wildman–Crippen LogP) is 5.97. The van der Waals surface area contributed by atoms with Crippen LogP contribution in [0.2, 0.25) is 0 Å². The van der Waals surface area contributed by atoms with Crippen LogP contribution in [0.25, 0.3) is 0 Å². The van der Waals surface area contributed by atoms with E-state index in [0.717, 1.165) is 24.3 Å². The van der Waals surface area contributed by atoms with Gasteiger partial charge >= 0.3 is 7.25 Å². The van der Waals surface area contributed by atoms with Crippen LogP contribution in [0, 0.1) is 38.5 Å². The molecule has 4 fully saturated rings. The van der Waals surface area contributed by atoms with Gasteiger partial charge in [0.15, 0.2) is 0 Å². The Hall–Kier alpha value is -1.79. The summed E-state index contributed by atoms with van der Waals surface area (Å²) < 4.78 is 44.0. The molecule has 6 rings (SSSR count). The first kappa shape index (κ1) is 21.4. The summed E-state index contributed by atoms with van der Waals surface area (Å²) in [6, 6.07) is 4.64. The summed E-state index contributed by atoms with van der Waals surface area (Å²) in [4.78, 5) is 0. The van der Waals surface area contributed by atoms with Gasteiger partial charge < -0.3 is 17.3 Å². The molecule has 0 saturated heterocycles. The van der Waals surface area contributed by atoms with E-state index in [2.05, 4.69) is 60.8 Å². The second kappa shape index (κ2) is 7.72. The topological polar surface area (TPSA) is 8.81 Å². The van der Waals surface area contributed by atoms with E-state index in [4.69, 9.17) is 0 Å². The second-order valence-electron chi connectivity index (χ2n) is 10.0. The maximum Gasteiger partial charge on any atom is 0.673 e. The van der Waals surface area contributed by atoms with Crippen molar-refractivity contribution in [1.29, 1.82) is 0 Å². The van der Waals surface area contributed by atoms with Crippen LogP contribution in [0.3, 0.4) is 0 Å². The fourth-order valence-electron chi connectivity index (χ4n) is 6.79. The summed E-state index contributed by atoms with van der Waals surface area (Å²) >= 11 is 0. The number of rotatable bonds is 3. The first-order valence-corrected chi connectivity index (χ1v) is 11.0. The van der Waals surface area contributed by atoms with Gasteiger partial charge in [-0.1, -0.05) is 17.7 Å². The molecule has 4 aliphatic rings. The molecule has 164 valence electrons. The van der Waals surface area contributed by atoms with E-state index in [1.807, 2.05) is 0 Å². The number of aromatic nitrogens is 2. The van der Waals surface area contributed by atoms with Crippen molar-refractivity contribution < 1.29 is 21.8 Å². The molecule has 1 heterocycles. The molecular weight excluding hydrogens is 391 g/mol. The lowest BCUT2D eigenvalue weighted by atomic mass is 9.53. The first-order valence-electron chi connectivity index (χ1n) is 11.0. The number of nitrogens with zero attached hydrogens (tertiary/aromatic N) is 2. The zero-order chi connectivity index (χ0) is 21.7. The summed E-state index contributed by atoms with van der Waals surface area (Å²) in [7, 11) is -6.00. The molecule has 2 nitrogen and oxygen atoms in total. The SMILES string of the molecule is Cc1cc(C)c(C[n+]2ccn(C34CC5CC(CC(C5)C3)C4)c2)c(C)c1.F[B-](F)(F)F. The van der Waals surface area contributed by atoms with Crippen LogP contribution in [-0.4, -0.2) is 11.8 Å².